The number of hydrogen-bond donors (Lipinski definition) is 1. The van der Waals surface area contributed by atoms with Gasteiger partial charge in [0.15, 0.2) is 0 Å². The zero-order valence-electron chi connectivity index (χ0n) is 11.3. The van der Waals surface area contributed by atoms with Crippen LogP contribution in [0.2, 0.25) is 0 Å². The van der Waals surface area contributed by atoms with Crippen molar-refractivity contribution in [2.75, 3.05) is 6.54 Å². The molecule has 0 bridgehead atoms. The lowest BCUT2D eigenvalue weighted by Gasteiger charge is -2.23. The highest BCUT2D eigenvalue weighted by Crippen LogP contribution is 2.28. The van der Waals surface area contributed by atoms with Crippen LogP contribution in [0.15, 0.2) is 22.7 Å². The molecule has 1 unspecified atom stereocenters. The van der Waals surface area contributed by atoms with Gasteiger partial charge in [-0.25, -0.2) is 4.98 Å². The monoisotopic (exact) mass is 321 g/mol. The van der Waals surface area contributed by atoms with Crippen molar-refractivity contribution in [1.82, 2.24) is 14.9 Å². The molecular weight excluding hydrogens is 302 g/mol. The Bertz CT molecular complexity index is 570. The molecule has 1 aliphatic heterocycles. The number of aromatic nitrogens is 2. The van der Waals surface area contributed by atoms with Crippen LogP contribution in [0.4, 0.5) is 0 Å². The summed E-state index contributed by atoms with van der Waals surface area (Å²) in [5.74, 6) is 1.22. The number of aryl methyl sites for hydroxylation is 1. The second-order valence-electron chi connectivity index (χ2n) is 5.26. The number of fused-ring (bicyclic) bond motifs is 1. The highest BCUT2D eigenvalue weighted by molar-refractivity contribution is 9.10. The lowest BCUT2D eigenvalue weighted by molar-refractivity contribution is 0.386. The van der Waals surface area contributed by atoms with Crippen LogP contribution in [0.1, 0.15) is 44.5 Å². The van der Waals surface area contributed by atoms with E-state index in [-0.39, 0.29) is 0 Å². The first-order valence-corrected chi connectivity index (χ1v) is 7.98. The number of imidazole rings is 1. The summed E-state index contributed by atoms with van der Waals surface area (Å²) in [6, 6.07) is 6.82. The molecule has 1 atom stereocenters. The van der Waals surface area contributed by atoms with Gasteiger partial charge in [0, 0.05) is 11.0 Å². The maximum atomic E-state index is 4.89. The molecule has 0 amide bonds. The molecule has 0 spiro atoms. The van der Waals surface area contributed by atoms with E-state index in [0.29, 0.717) is 6.04 Å². The van der Waals surface area contributed by atoms with Gasteiger partial charge >= 0.3 is 0 Å². The van der Waals surface area contributed by atoms with Gasteiger partial charge in [0.05, 0.1) is 17.1 Å². The summed E-state index contributed by atoms with van der Waals surface area (Å²) >= 11 is 3.54. The number of benzene rings is 1. The number of hydrogen-bond acceptors (Lipinski definition) is 2. The third-order valence-corrected chi connectivity index (χ3v) is 4.30. The summed E-state index contributed by atoms with van der Waals surface area (Å²) in [7, 11) is 0. The lowest BCUT2D eigenvalue weighted by atomic mass is 10.0. The van der Waals surface area contributed by atoms with Crippen molar-refractivity contribution in [3.05, 3.63) is 28.5 Å². The zero-order valence-corrected chi connectivity index (χ0v) is 12.9. The third kappa shape index (κ3) is 2.56. The Hall–Kier alpha value is -0.870. The van der Waals surface area contributed by atoms with Crippen molar-refractivity contribution < 1.29 is 0 Å². The Morgan fingerprint density at radius 1 is 1.42 bits per heavy atom. The van der Waals surface area contributed by atoms with Crippen LogP contribution in [0.25, 0.3) is 11.0 Å². The highest BCUT2D eigenvalue weighted by atomic mass is 79.9. The normalized spacial score (nSPS) is 20.0. The number of nitrogens with one attached hydrogen (secondary N) is 1. The van der Waals surface area contributed by atoms with Gasteiger partial charge in [-0.05, 0) is 44.0 Å². The van der Waals surface area contributed by atoms with E-state index < -0.39 is 0 Å². The molecule has 19 heavy (non-hydrogen) atoms. The van der Waals surface area contributed by atoms with Crippen molar-refractivity contribution in [2.45, 2.75) is 45.2 Å². The SMILES string of the molecule is CCCn1c(C2CCCCN2)nc2cc(Br)ccc21. The van der Waals surface area contributed by atoms with Crippen LogP contribution in [0.5, 0.6) is 0 Å². The minimum absolute atomic E-state index is 0.423. The maximum Gasteiger partial charge on any atom is 0.127 e. The summed E-state index contributed by atoms with van der Waals surface area (Å²) in [5.41, 5.74) is 2.36. The van der Waals surface area contributed by atoms with Crippen LogP contribution in [0.3, 0.4) is 0 Å². The van der Waals surface area contributed by atoms with E-state index in [2.05, 4.69) is 50.9 Å². The molecule has 1 aliphatic rings. The van der Waals surface area contributed by atoms with E-state index in [0.717, 1.165) is 29.5 Å². The van der Waals surface area contributed by atoms with Crippen molar-refractivity contribution in [3.63, 3.8) is 0 Å². The van der Waals surface area contributed by atoms with E-state index in [1.54, 1.807) is 0 Å². The van der Waals surface area contributed by atoms with Gasteiger partial charge in [-0.2, -0.15) is 0 Å². The highest BCUT2D eigenvalue weighted by Gasteiger charge is 2.21. The smallest absolute Gasteiger partial charge is 0.127 e. The topological polar surface area (TPSA) is 29.9 Å². The lowest BCUT2D eigenvalue weighted by Crippen LogP contribution is -2.29. The number of nitrogens with zero attached hydrogens (tertiary/aromatic N) is 2. The molecule has 0 aliphatic carbocycles. The van der Waals surface area contributed by atoms with Crippen LogP contribution in [0, 0.1) is 0 Å². The summed E-state index contributed by atoms with van der Waals surface area (Å²) in [6.07, 6.45) is 4.93. The largest absolute Gasteiger partial charge is 0.327 e. The molecule has 3 nitrogen and oxygen atoms in total. The molecule has 2 aromatic rings. The Morgan fingerprint density at radius 2 is 2.32 bits per heavy atom. The predicted octanol–water partition coefficient (Wildman–Crippen LogP) is 4.02. The van der Waals surface area contributed by atoms with Crippen molar-refractivity contribution >= 4 is 27.0 Å². The predicted molar refractivity (Wildman–Crippen MR) is 82.3 cm³/mol. The molecule has 4 heteroatoms. The van der Waals surface area contributed by atoms with E-state index >= 15 is 0 Å². The molecule has 1 aromatic carbocycles. The Kier molecular flexibility index (Phi) is 3.89. The van der Waals surface area contributed by atoms with Crippen LogP contribution in [-0.4, -0.2) is 16.1 Å². The van der Waals surface area contributed by atoms with Gasteiger partial charge in [-0.15, -0.1) is 0 Å². The number of rotatable bonds is 3. The molecule has 1 saturated heterocycles. The van der Waals surface area contributed by atoms with Gasteiger partial charge in [0.25, 0.3) is 0 Å². The number of halogens is 1. The molecule has 0 saturated carbocycles. The fourth-order valence-corrected chi connectivity index (χ4v) is 3.27. The van der Waals surface area contributed by atoms with Gasteiger partial charge < -0.3 is 9.88 Å². The van der Waals surface area contributed by atoms with Crippen LogP contribution in [-0.2, 0) is 6.54 Å². The first kappa shape index (κ1) is 13.1. The summed E-state index contributed by atoms with van der Waals surface area (Å²) in [6.45, 7) is 4.39. The standard InChI is InChI=1S/C15H20BrN3/c1-2-9-19-14-7-6-11(16)10-13(14)18-15(19)12-5-3-4-8-17-12/h6-7,10,12,17H,2-5,8-9H2,1H3. The van der Waals surface area contributed by atoms with E-state index in [9.17, 15) is 0 Å². The summed E-state index contributed by atoms with van der Waals surface area (Å²) in [4.78, 5) is 4.89. The molecule has 102 valence electrons. The molecular formula is C15H20BrN3. The fraction of sp³-hybridized carbons (Fsp3) is 0.533. The van der Waals surface area contributed by atoms with Gasteiger partial charge in [0.2, 0.25) is 0 Å². The fourth-order valence-electron chi connectivity index (χ4n) is 2.92. The Morgan fingerprint density at radius 3 is 3.05 bits per heavy atom. The molecule has 1 N–H and O–H groups in total. The second-order valence-corrected chi connectivity index (χ2v) is 6.17. The second kappa shape index (κ2) is 5.63. The van der Waals surface area contributed by atoms with Crippen molar-refractivity contribution in [3.8, 4) is 0 Å². The minimum Gasteiger partial charge on any atom is -0.327 e. The van der Waals surface area contributed by atoms with E-state index in [1.165, 1.54) is 30.6 Å². The number of piperidine rings is 1. The average molecular weight is 322 g/mol. The zero-order chi connectivity index (χ0) is 13.2. The first-order chi connectivity index (χ1) is 9.29. The molecule has 2 heterocycles. The van der Waals surface area contributed by atoms with Gasteiger partial charge in [0.1, 0.15) is 5.82 Å². The van der Waals surface area contributed by atoms with Gasteiger partial charge in [-0.3, -0.25) is 0 Å². The minimum atomic E-state index is 0.423. The molecule has 1 fully saturated rings. The first-order valence-electron chi connectivity index (χ1n) is 7.18. The maximum absolute atomic E-state index is 4.89. The molecule has 3 rings (SSSR count). The van der Waals surface area contributed by atoms with E-state index in [4.69, 9.17) is 4.98 Å². The average Bonchev–Trinajstić information content (AvgIpc) is 2.78. The third-order valence-electron chi connectivity index (χ3n) is 3.81. The van der Waals surface area contributed by atoms with Crippen LogP contribution < -0.4 is 5.32 Å². The Balaban J connectivity index is 2.08. The van der Waals surface area contributed by atoms with Crippen LogP contribution >= 0.6 is 15.9 Å². The quantitative estimate of drug-likeness (QED) is 0.925. The summed E-state index contributed by atoms with van der Waals surface area (Å²) in [5, 5.41) is 3.61. The molecule has 1 aromatic heterocycles. The summed E-state index contributed by atoms with van der Waals surface area (Å²) < 4.78 is 3.49. The molecule has 0 radical (unpaired) electrons. The van der Waals surface area contributed by atoms with Crippen molar-refractivity contribution in [2.24, 2.45) is 0 Å². The van der Waals surface area contributed by atoms with E-state index in [1.807, 2.05) is 0 Å². The Labute approximate surface area is 122 Å². The van der Waals surface area contributed by atoms with Gasteiger partial charge in [-0.1, -0.05) is 29.3 Å². The van der Waals surface area contributed by atoms with Crippen molar-refractivity contribution in [1.29, 1.82) is 0 Å².